The second-order valence-corrected chi connectivity index (χ2v) is 7.57. The Balaban J connectivity index is 1.98. The van der Waals surface area contributed by atoms with Gasteiger partial charge in [0.25, 0.3) is 0 Å². The molecule has 2 rings (SSSR count). The third kappa shape index (κ3) is 4.11. The van der Waals surface area contributed by atoms with E-state index in [1.807, 2.05) is 12.1 Å². The first-order chi connectivity index (χ1) is 9.17. The molecule has 0 spiro atoms. The summed E-state index contributed by atoms with van der Waals surface area (Å²) in [4.78, 5) is 0. The molecule has 112 valence electrons. The molecule has 0 radical (unpaired) electrons. The zero-order chi connectivity index (χ0) is 15.0. The number of benzene rings is 1. The van der Waals surface area contributed by atoms with Gasteiger partial charge in [-0.1, -0.05) is 17.7 Å². The van der Waals surface area contributed by atoms with E-state index in [9.17, 15) is 5.11 Å². The summed E-state index contributed by atoms with van der Waals surface area (Å²) in [7, 11) is 0. The monoisotopic (exact) mass is 296 g/mol. The molecule has 0 amide bonds. The smallest absolute Gasteiger partial charge is 0.134 e. The number of rotatable bonds is 3. The Hall–Kier alpha value is -0.770. The Bertz CT molecular complexity index is 469. The van der Waals surface area contributed by atoms with E-state index >= 15 is 0 Å². The van der Waals surface area contributed by atoms with Crippen LogP contribution < -0.4 is 10.6 Å². The van der Waals surface area contributed by atoms with E-state index in [0.717, 1.165) is 24.9 Å². The SMILES string of the molecule is CC1(C)CC(NCc2ccc(O)c(Cl)c2)CC(C)(C)N1. The fourth-order valence-electron chi connectivity index (χ4n) is 3.39. The Morgan fingerprint density at radius 3 is 2.40 bits per heavy atom. The van der Waals surface area contributed by atoms with E-state index in [1.165, 1.54) is 0 Å². The van der Waals surface area contributed by atoms with Gasteiger partial charge >= 0.3 is 0 Å². The van der Waals surface area contributed by atoms with Gasteiger partial charge in [-0.2, -0.15) is 0 Å². The van der Waals surface area contributed by atoms with E-state index in [0.29, 0.717) is 11.1 Å². The Kier molecular flexibility index (Phi) is 4.33. The molecule has 1 aliphatic rings. The molecule has 0 bridgehead atoms. The van der Waals surface area contributed by atoms with Crippen molar-refractivity contribution in [2.45, 2.75) is 64.2 Å². The number of piperidine rings is 1. The van der Waals surface area contributed by atoms with Crippen LogP contribution in [0.1, 0.15) is 46.1 Å². The van der Waals surface area contributed by atoms with Crippen molar-refractivity contribution < 1.29 is 5.11 Å². The highest BCUT2D eigenvalue weighted by Crippen LogP contribution is 2.29. The maximum absolute atomic E-state index is 9.44. The predicted octanol–water partition coefficient (Wildman–Crippen LogP) is 3.44. The third-order valence-electron chi connectivity index (χ3n) is 3.80. The molecule has 0 aliphatic carbocycles. The van der Waals surface area contributed by atoms with Gasteiger partial charge in [0.15, 0.2) is 0 Å². The van der Waals surface area contributed by atoms with E-state index < -0.39 is 0 Å². The molecular formula is C16H25ClN2O. The molecule has 3 nitrogen and oxygen atoms in total. The molecule has 1 fully saturated rings. The van der Waals surface area contributed by atoms with E-state index in [-0.39, 0.29) is 16.8 Å². The lowest BCUT2D eigenvalue weighted by Gasteiger charge is -2.46. The second-order valence-electron chi connectivity index (χ2n) is 7.16. The van der Waals surface area contributed by atoms with Crippen molar-refractivity contribution in [2.24, 2.45) is 0 Å². The van der Waals surface area contributed by atoms with Gasteiger partial charge in [0.2, 0.25) is 0 Å². The summed E-state index contributed by atoms with van der Waals surface area (Å²) in [5.41, 5.74) is 1.39. The van der Waals surface area contributed by atoms with Crippen LogP contribution >= 0.6 is 11.6 Å². The zero-order valence-electron chi connectivity index (χ0n) is 12.8. The van der Waals surface area contributed by atoms with Gasteiger partial charge in [0.05, 0.1) is 5.02 Å². The minimum atomic E-state index is 0.138. The summed E-state index contributed by atoms with van der Waals surface area (Å²) in [5.74, 6) is 0.138. The normalized spacial score (nSPS) is 21.9. The average molecular weight is 297 g/mol. The summed E-state index contributed by atoms with van der Waals surface area (Å²) in [6.07, 6.45) is 2.20. The second kappa shape index (κ2) is 5.55. The first kappa shape index (κ1) is 15.6. The van der Waals surface area contributed by atoms with Gasteiger partial charge in [0.1, 0.15) is 5.75 Å². The maximum Gasteiger partial charge on any atom is 0.134 e. The molecule has 4 heteroatoms. The first-order valence-corrected chi connectivity index (χ1v) is 7.55. The van der Waals surface area contributed by atoms with Gasteiger partial charge in [-0.25, -0.2) is 0 Å². The molecule has 1 heterocycles. The first-order valence-electron chi connectivity index (χ1n) is 7.17. The summed E-state index contributed by atoms with van der Waals surface area (Å²) in [6.45, 7) is 9.77. The molecule has 1 saturated heterocycles. The highest BCUT2D eigenvalue weighted by molar-refractivity contribution is 6.32. The standard InChI is InChI=1S/C16H25ClN2O/c1-15(2)8-12(9-16(3,4)19-15)18-10-11-5-6-14(20)13(17)7-11/h5-7,12,18-20H,8-10H2,1-4H3. The fraction of sp³-hybridized carbons (Fsp3) is 0.625. The Morgan fingerprint density at radius 1 is 1.25 bits per heavy atom. The third-order valence-corrected chi connectivity index (χ3v) is 4.10. The molecule has 0 aromatic heterocycles. The number of halogens is 1. The van der Waals surface area contributed by atoms with Crippen molar-refractivity contribution >= 4 is 11.6 Å². The van der Waals surface area contributed by atoms with Crippen molar-refractivity contribution in [2.75, 3.05) is 0 Å². The maximum atomic E-state index is 9.44. The summed E-state index contributed by atoms with van der Waals surface area (Å²) < 4.78 is 0. The van der Waals surface area contributed by atoms with E-state index in [4.69, 9.17) is 11.6 Å². The van der Waals surface area contributed by atoms with Crippen LogP contribution in [-0.2, 0) is 6.54 Å². The quantitative estimate of drug-likeness (QED) is 0.800. The fourth-order valence-corrected chi connectivity index (χ4v) is 3.59. The number of aromatic hydroxyl groups is 1. The van der Waals surface area contributed by atoms with Crippen molar-refractivity contribution in [3.63, 3.8) is 0 Å². The number of nitrogens with one attached hydrogen (secondary N) is 2. The van der Waals surface area contributed by atoms with Crippen LogP contribution in [0.2, 0.25) is 5.02 Å². The van der Waals surface area contributed by atoms with Gasteiger partial charge in [0, 0.05) is 23.7 Å². The molecule has 1 aromatic carbocycles. The van der Waals surface area contributed by atoms with Crippen LogP contribution in [0.15, 0.2) is 18.2 Å². The number of phenols is 1. The van der Waals surface area contributed by atoms with Gasteiger partial charge < -0.3 is 15.7 Å². The minimum Gasteiger partial charge on any atom is -0.506 e. The lowest BCUT2D eigenvalue weighted by molar-refractivity contribution is 0.145. The van der Waals surface area contributed by atoms with Crippen LogP contribution in [0.25, 0.3) is 0 Å². The minimum absolute atomic E-state index is 0.138. The Labute approximate surface area is 126 Å². The van der Waals surface area contributed by atoms with Gasteiger partial charge in [-0.15, -0.1) is 0 Å². The molecule has 3 N–H and O–H groups in total. The molecule has 20 heavy (non-hydrogen) atoms. The topological polar surface area (TPSA) is 44.3 Å². The summed E-state index contributed by atoms with van der Waals surface area (Å²) >= 11 is 5.94. The zero-order valence-corrected chi connectivity index (χ0v) is 13.5. The van der Waals surface area contributed by atoms with Crippen molar-refractivity contribution in [3.8, 4) is 5.75 Å². The van der Waals surface area contributed by atoms with Crippen LogP contribution in [0.5, 0.6) is 5.75 Å². The Morgan fingerprint density at radius 2 is 1.85 bits per heavy atom. The van der Waals surface area contributed by atoms with Crippen LogP contribution in [0.3, 0.4) is 0 Å². The highest BCUT2D eigenvalue weighted by Gasteiger charge is 2.37. The molecule has 1 aliphatic heterocycles. The largest absolute Gasteiger partial charge is 0.506 e. The number of phenolic OH excluding ortho intramolecular Hbond substituents is 1. The lowest BCUT2D eigenvalue weighted by atomic mass is 9.79. The number of hydrogen-bond donors (Lipinski definition) is 3. The van der Waals surface area contributed by atoms with E-state index in [1.54, 1.807) is 6.07 Å². The van der Waals surface area contributed by atoms with Crippen molar-refractivity contribution in [1.29, 1.82) is 0 Å². The molecule has 1 aromatic rings. The van der Waals surface area contributed by atoms with Gasteiger partial charge in [-0.05, 0) is 58.2 Å². The predicted molar refractivity (Wildman–Crippen MR) is 84.3 cm³/mol. The number of hydrogen-bond acceptors (Lipinski definition) is 3. The summed E-state index contributed by atoms with van der Waals surface area (Å²) in [5, 5.41) is 17.1. The molecule has 0 atom stereocenters. The van der Waals surface area contributed by atoms with Gasteiger partial charge in [-0.3, -0.25) is 0 Å². The average Bonchev–Trinajstić information content (AvgIpc) is 2.27. The van der Waals surface area contributed by atoms with Crippen LogP contribution in [-0.4, -0.2) is 22.2 Å². The molecule has 0 unspecified atom stereocenters. The summed E-state index contributed by atoms with van der Waals surface area (Å²) in [6, 6.07) is 5.86. The van der Waals surface area contributed by atoms with Crippen LogP contribution in [0, 0.1) is 0 Å². The van der Waals surface area contributed by atoms with Crippen molar-refractivity contribution in [3.05, 3.63) is 28.8 Å². The van der Waals surface area contributed by atoms with E-state index in [2.05, 4.69) is 38.3 Å². The lowest BCUT2D eigenvalue weighted by Crippen LogP contribution is -2.61. The van der Waals surface area contributed by atoms with Crippen molar-refractivity contribution in [1.82, 2.24) is 10.6 Å². The van der Waals surface area contributed by atoms with Crippen LogP contribution in [0.4, 0.5) is 0 Å². The molecular weight excluding hydrogens is 272 g/mol. The highest BCUT2D eigenvalue weighted by atomic mass is 35.5. The molecule has 0 saturated carbocycles.